The molecule has 1 aliphatic rings. The largest absolute Gasteiger partial charge is 0.313 e. The van der Waals surface area contributed by atoms with Crippen LogP contribution in [0.25, 0.3) is 0 Å². The molecule has 1 rings (SSSR count). The van der Waals surface area contributed by atoms with E-state index in [1.165, 1.54) is 19.3 Å². The third kappa shape index (κ3) is 3.59. The highest BCUT2D eigenvalue weighted by Gasteiger charge is 2.20. The lowest BCUT2D eigenvalue weighted by atomic mass is 10.1. The van der Waals surface area contributed by atoms with E-state index in [0.29, 0.717) is 0 Å². The standard InChI is InChI=1S/C10H18ClN/c1-9-3-4-10(7-9)8-12-6-2-5-11/h2,5,9-10,12H,3-4,6-8H2,1H3/b5-2+. The fourth-order valence-electron chi connectivity index (χ4n) is 1.93. The minimum atomic E-state index is 0.906. The third-order valence-corrected chi connectivity index (χ3v) is 2.77. The lowest BCUT2D eigenvalue weighted by molar-refractivity contribution is 0.483. The molecule has 2 heteroatoms. The van der Waals surface area contributed by atoms with Crippen LogP contribution in [0.5, 0.6) is 0 Å². The zero-order valence-corrected chi connectivity index (χ0v) is 8.48. The molecule has 0 bridgehead atoms. The van der Waals surface area contributed by atoms with Crippen LogP contribution < -0.4 is 5.32 Å². The maximum atomic E-state index is 5.40. The maximum absolute atomic E-state index is 5.40. The second kappa shape index (κ2) is 5.60. The fraction of sp³-hybridized carbons (Fsp3) is 0.800. The van der Waals surface area contributed by atoms with Gasteiger partial charge in [0.2, 0.25) is 0 Å². The summed E-state index contributed by atoms with van der Waals surface area (Å²) in [5.74, 6) is 1.85. The molecule has 1 saturated carbocycles. The van der Waals surface area contributed by atoms with Gasteiger partial charge in [-0.2, -0.15) is 0 Å². The molecule has 0 aliphatic heterocycles. The molecule has 0 amide bonds. The van der Waals surface area contributed by atoms with Gasteiger partial charge < -0.3 is 5.32 Å². The molecule has 0 radical (unpaired) electrons. The Bertz CT molecular complexity index is 145. The van der Waals surface area contributed by atoms with Gasteiger partial charge in [-0.3, -0.25) is 0 Å². The number of halogens is 1. The molecule has 0 aromatic carbocycles. The van der Waals surface area contributed by atoms with Crippen molar-refractivity contribution < 1.29 is 0 Å². The van der Waals surface area contributed by atoms with Crippen molar-refractivity contribution in [3.05, 3.63) is 11.6 Å². The van der Waals surface area contributed by atoms with Crippen LogP contribution in [0.3, 0.4) is 0 Å². The van der Waals surface area contributed by atoms with Crippen molar-refractivity contribution in [3.8, 4) is 0 Å². The Morgan fingerprint density at radius 1 is 1.50 bits per heavy atom. The maximum Gasteiger partial charge on any atom is 0.0146 e. The Morgan fingerprint density at radius 3 is 2.92 bits per heavy atom. The van der Waals surface area contributed by atoms with Crippen molar-refractivity contribution in [3.63, 3.8) is 0 Å². The van der Waals surface area contributed by atoms with Crippen molar-refractivity contribution in [2.45, 2.75) is 26.2 Å². The number of rotatable bonds is 4. The lowest BCUT2D eigenvalue weighted by Crippen LogP contribution is -2.21. The molecule has 2 unspecified atom stereocenters. The van der Waals surface area contributed by atoms with Crippen molar-refractivity contribution >= 4 is 11.6 Å². The number of nitrogens with one attached hydrogen (secondary N) is 1. The summed E-state index contributed by atoms with van der Waals surface area (Å²) in [6.07, 6.45) is 6.16. The molecule has 70 valence electrons. The monoisotopic (exact) mass is 187 g/mol. The average Bonchev–Trinajstić information content (AvgIpc) is 2.45. The Balaban J connectivity index is 2.00. The molecular formula is C10H18ClN. The fourth-order valence-corrected chi connectivity index (χ4v) is 2.01. The third-order valence-electron chi connectivity index (χ3n) is 2.59. The minimum Gasteiger partial charge on any atom is -0.313 e. The van der Waals surface area contributed by atoms with Gasteiger partial charge in [-0.25, -0.2) is 0 Å². The van der Waals surface area contributed by atoms with E-state index in [-0.39, 0.29) is 0 Å². The summed E-state index contributed by atoms with van der Waals surface area (Å²) in [4.78, 5) is 0. The van der Waals surface area contributed by atoms with Crippen molar-refractivity contribution in [2.75, 3.05) is 13.1 Å². The predicted octanol–water partition coefficient (Wildman–Crippen LogP) is 2.76. The van der Waals surface area contributed by atoms with Crippen LogP contribution in [-0.2, 0) is 0 Å². The first-order valence-electron chi connectivity index (χ1n) is 4.79. The number of hydrogen-bond acceptors (Lipinski definition) is 1. The molecule has 0 heterocycles. The molecule has 1 N–H and O–H groups in total. The highest BCUT2D eigenvalue weighted by Crippen LogP contribution is 2.29. The lowest BCUT2D eigenvalue weighted by Gasteiger charge is -2.08. The van der Waals surface area contributed by atoms with Gasteiger partial charge in [0.1, 0.15) is 0 Å². The number of hydrogen-bond donors (Lipinski definition) is 1. The van der Waals surface area contributed by atoms with E-state index >= 15 is 0 Å². The zero-order valence-electron chi connectivity index (χ0n) is 7.72. The minimum absolute atomic E-state index is 0.906. The molecule has 0 aromatic heterocycles. The topological polar surface area (TPSA) is 12.0 Å². The summed E-state index contributed by atoms with van der Waals surface area (Å²) in [6, 6.07) is 0. The van der Waals surface area contributed by atoms with E-state index in [0.717, 1.165) is 24.9 Å². The molecule has 12 heavy (non-hydrogen) atoms. The highest BCUT2D eigenvalue weighted by atomic mass is 35.5. The van der Waals surface area contributed by atoms with Crippen LogP contribution in [0.15, 0.2) is 11.6 Å². The zero-order chi connectivity index (χ0) is 8.81. The first-order chi connectivity index (χ1) is 5.83. The Morgan fingerprint density at radius 2 is 2.33 bits per heavy atom. The first kappa shape index (κ1) is 10.1. The predicted molar refractivity (Wildman–Crippen MR) is 54.4 cm³/mol. The Labute approximate surface area is 80.2 Å². The Kier molecular flexibility index (Phi) is 4.70. The van der Waals surface area contributed by atoms with Crippen LogP contribution in [-0.4, -0.2) is 13.1 Å². The highest BCUT2D eigenvalue weighted by molar-refractivity contribution is 6.25. The molecule has 2 atom stereocenters. The van der Waals surface area contributed by atoms with Gasteiger partial charge in [0.15, 0.2) is 0 Å². The second-order valence-electron chi connectivity index (χ2n) is 3.80. The van der Waals surface area contributed by atoms with Gasteiger partial charge in [0, 0.05) is 12.1 Å². The second-order valence-corrected chi connectivity index (χ2v) is 4.06. The molecular weight excluding hydrogens is 170 g/mol. The summed E-state index contributed by atoms with van der Waals surface area (Å²) in [7, 11) is 0. The molecule has 1 fully saturated rings. The van der Waals surface area contributed by atoms with Crippen LogP contribution in [0.2, 0.25) is 0 Å². The molecule has 0 spiro atoms. The molecule has 1 aliphatic carbocycles. The van der Waals surface area contributed by atoms with E-state index in [1.54, 1.807) is 5.54 Å². The van der Waals surface area contributed by atoms with Gasteiger partial charge in [0.05, 0.1) is 0 Å². The summed E-state index contributed by atoms with van der Waals surface area (Å²) in [5, 5.41) is 3.38. The van der Waals surface area contributed by atoms with E-state index < -0.39 is 0 Å². The van der Waals surface area contributed by atoms with E-state index in [9.17, 15) is 0 Å². The molecule has 1 nitrogen and oxygen atoms in total. The van der Waals surface area contributed by atoms with Crippen LogP contribution in [0.1, 0.15) is 26.2 Å². The summed E-state index contributed by atoms with van der Waals surface area (Å²) < 4.78 is 0. The SMILES string of the molecule is CC1CCC(CNC/C=C/Cl)C1. The van der Waals surface area contributed by atoms with Gasteiger partial charge in [-0.1, -0.05) is 31.0 Å². The normalized spacial score (nSPS) is 30.2. The summed E-state index contributed by atoms with van der Waals surface area (Å²) in [5.41, 5.74) is 1.57. The van der Waals surface area contributed by atoms with Gasteiger partial charge >= 0.3 is 0 Å². The van der Waals surface area contributed by atoms with Crippen molar-refractivity contribution in [2.24, 2.45) is 11.8 Å². The van der Waals surface area contributed by atoms with E-state index in [2.05, 4.69) is 12.2 Å². The van der Waals surface area contributed by atoms with Crippen LogP contribution >= 0.6 is 11.6 Å². The van der Waals surface area contributed by atoms with E-state index in [1.807, 2.05) is 6.08 Å². The Hall–Kier alpha value is -0.0100. The van der Waals surface area contributed by atoms with E-state index in [4.69, 9.17) is 11.6 Å². The van der Waals surface area contributed by atoms with Crippen molar-refractivity contribution in [1.29, 1.82) is 0 Å². The van der Waals surface area contributed by atoms with Gasteiger partial charge in [-0.15, -0.1) is 0 Å². The van der Waals surface area contributed by atoms with Crippen molar-refractivity contribution in [1.82, 2.24) is 5.32 Å². The van der Waals surface area contributed by atoms with Crippen LogP contribution in [0.4, 0.5) is 0 Å². The average molecular weight is 188 g/mol. The summed E-state index contributed by atoms with van der Waals surface area (Å²) in [6.45, 7) is 4.42. The molecule has 0 saturated heterocycles. The molecule has 0 aromatic rings. The van der Waals surface area contributed by atoms with Gasteiger partial charge in [0.25, 0.3) is 0 Å². The summed E-state index contributed by atoms with van der Waals surface area (Å²) >= 11 is 5.40. The van der Waals surface area contributed by atoms with Crippen LogP contribution in [0, 0.1) is 11.8 Å². The quantitative estimate of drug-likeness (QED) is 0.668. The first-order valence-corrected chi connectivity index (χ1v) is 5.22. The smallest absolute Gasteiger partial charge is 0.0146 e. The van der Waals surface area contributed by atoms with Gasteiger partial charge in [-0.05, 0) is 31.2 Å².